The highest BCUT2D eigenvalue weighted by atomic mass is 19.4. The fourth-order valence-electron chi connectivity index (χ4n) is 4.26. The average molecular weight is 528 g/mol. The summed E-state index contributed by atoms with van der Waals surface area (Å²) in [4.78, 5) is 17.9. The van der Waals surface area contributed by atoms with Crippen LogP contribution in [0.2, 0.25) is 0 Å². The highest BCUT2D eigenvalue weighted by Crippen LogP contribution is 2.37. The number of carbonyl (C=O) groups excluding carboxylic acids is 1. The van der Waals surface area contributed by atoms with Crippen LogP contribution in [0.25, 0.3) is 0 Å². The minimum Gasteiger partial charge on any atom is -0.337 e. The number of aromatic nitrogens is 1. The number of hydrogen-bond acceptors (Lipinski definition) is 2. The minimum atomic E-state index is -4.68. The van der Waals surface area contributed by atoms with Gasteiger partial charge in [-0.25, -0.2) is 0 Å². The van der Waals surface area contributed by atoms with Gasteiger partial charge in [-0.1, -0.05) is 48.5 Å². The van der Waals surface area contributed by atoms with Crippen molar-refractivity contribution in [2.24, 2.45) is 0 Å². The first-order chi connectivity index (χ1) is 17.9. The largest absolute Gasteiger partial charge is 0.416 e. The first-order valence-corrected chi connectivity index (χ1v) is 11.5. The van der Waals surface area contributed by atoms with Gasteiger partial charge in [0.2, 0.25) is 0 Å². The summed E-state index contributed by atoms with van der Waals surface area (Å²) in [7, 11) is 0. The van der Waals surface area contributed by atoms with E-state index in [9.17, 15) is 31.1 Å². The number of alkyl halides is 6. The Hall–Kier alpha value is -4.14. The van der Waals surface area contributed by atoms with E-state index in [0.29, 0.717) is 11.6 Å². The van der Waals surface area contributed by atoms with Crippen LogP contribution in [0.1, 0.15) is 43.9 Å². The first-order valence-electron chi connectivity index (χ1n) is 11.5. The number of nitrogens with one attached hydrogen (secondary N) is 1. The lowest BCUT2D eigenvalue weighted by Gasteiger charge is -2.36. The summed E-state index contributed by atoms with van der Waals surface area (Å²) in [6.45, 7) is 1.76. The number of pyridine rings is 1. The second kappa shape index (κ2) is 10.3. The topological polar surface area (TPSA) is 42.0 Å². The Morgan fingerprint density at radius 2 is 1.34 bits per heavy atom. The van der Waals surface area contributed by atoms with Crippen LogP contribution in [0.15, 0.2) is 97.2 Å². The molecular formula is C29H22F6N2O. The molecule has 9 heteroatoms. The molecule has 1 atom stereocenters. The zero-order valence-electron chi connectivity index (χ0n) is 20.1. The third kappa shape index (κ3) is 5.88. The average Bonchev–Trinajstić information content (AvgIpc) is 2.88. The van der Waals surface area contributed by atoms with Crippen molar-refractivity contribution in [1.29, 1.82) is 0 Å². The normalized spacial score (nSPS) is 13.6. The maximum atomic E-state index is 13.7. The molecule has 0 aliphatic carbocycles. The van der Waals surface area contributed by atoms with Crippen molar-refractivity contribution >= 4 is 5.91 Å². The molecule has 4 aromatic rings. The van der Waals surface area contributed by atoms with Crippen LogP contribution < -0.4 is 5.32 Å². The second-order valence-corrected chi connectivity index (χ2v) is 8.90. The number of amides is 1. The fraction of sp³-hybridized carbons (Fsp3) is 0.172. The van der Waals surface area contributed by atoms with Gasteiger partial charge in [-0.15, -0.1) is 0 Å². The van der Waals surface area contributed by atoms with Crippen LogP contribution in [-0.4, -0.2) is 10.9 Å². The van der Waals surface area contributed by atoms with Crippen molar-refractivity contribution in [3.8, 4) is 0 Å². The molecule has 3 nitrogen and oxygen atoms in total. The Morgan fingerprint density at radius 3 is 1.97 bits per heavy atom. The van der Waals surface area contributed by atoms with Gasteiger partial charge in [-0.2, -0.15) is 26.3 Å². The van der Waals surface area contributed by atoms with E-state index in [0.717, 1.165) is 29.8 Å². The van der Waals surface area contributed by atoms with Gasteiger partial charge >= 0.3 is 12.4 Å². The Bertz CT molecular complexity index is 1430. The Morgan fingerprint density at radius 1 is 0.737 bits per heavy atom. The molecule has 0 aliphatic rings. The lowest BCUT2D eigenvalue weighted by atomic mass is 9.79. The summed E-state index contributed by atoms with van der Waals surface area (Å²) in [5.74, 6) is -0.896. The lowest BCUT2D eigenvalue weighted by molar-refractivity contribution is -0.138. The molecule has 196 valence electrons. The number of benzene rings is 3. The summed E-state index contributed by atoms with van der Waals surface area (Å²) in [5, 5.41) is 2.78. The van der Waals surface area contributed by atoms with Crippen molar-refractivity contribution in [3.05, 3.63) is 136 Å². The molecule has 4 rings (SSSR count). The van der Waals surface area contributed by atoms with Crippen molar-refractivity contribution < 1.29 is 31.1 Å². The molecule has 3 aromatic carbocycles. The SMILES string of the molecule is Cc1ccnc(C(Cc2ccccc2)(NC(=O)c2cccc(C(F)(F)F)c2)c2cccc(C(F)(F)F)c2)c1. The van der Waals surface area contributed by atoms with Crippen LogP contribution in [-0.2, 0) is 24.3 Å². The zero-order valence-corrected chi connectivity index (χ0v) is 20.1. The van der Waals surface area contributed by atoms with Crippen molar-refractivity contribution in [2.75, 3.05) is 0 Å². The summed E-state index contributed by atoms with van der Waals surface area (Å²) in [6.07, 6.45) is -7.90. The minimum absolute atomic E-state index is 0.0176. The molecule has 38 heavy (non-hydrogen) atoms. The molecule has 1 heterocycles. The van der Waals surface area contributed by atoms with E-state index in [1.54, 1.807) is 49.4 Å². The second-order valence-electron chi connectivity index (χ2n) is 8.90. The summed E-state index contributed by atoms with van der Waals surface area (Å²) in [5.41, 5.74) is -2.20. The molecule has 0 spiro atoms. The van der Waals surface area contributed by atoms with Gasteiger partial charge < -0.3 is 5.32 Å². The maximum absolute atomic E-state index is 13.7. The Balaban J connectivity index is 1.94. The van der Waals surface area contributed by atoms with Gasteiger partial charge in [0.15, 0.2) is 0 Å². The maximum Gasteiger partial charge on any atom is 0.416 e. The van der Waals surface area contributed by atoms with Crippen LogP contribution in [0, 0.1) is 6.92 Å². The van der Waals surface area contributed by atoms with E-state index < -0.39 is 34.9 Å². The summed E-state index contributed by atoms with van der Waals surface area (Å²) >= 11 is 0. The third-order valence-electron chi connectivity index (χ3n) is 6.13. The highest BCUT2D eigenvalue weighted by molar-refractivity contribution is 5.95. The number of carbonyl (C=O) groups is 1. The van der Waals surface area contributed by atoms with E-state index in [-0.39, 0.29) is 23.2 Å². The molecule has 1 aromatic heterocycles. The van der Waals surface area contributed by atoms with Crippen LogP contribution in [0.5, 0.6) is 0 Å². The van der Waals surface area contributed by atoms with Gasteiger partial charge in [0.1, 0.15) is 5.54 Å². The molecule has 1 amide bonds. The highest BCUT2D eigenvalue weighted by Gasteiger charge is 2.41. The van der Waals surface area contributed by atoms with Gasteiger partial charge in [0, 0.05) is 18.2 Å². The molecule has 0 bridgehead atoms. The predicted molar refractivity (Wildman–Crippen MR) is 130 cm³/mol. The number of nitrogens with zero attached hydrogens (tertiary/aromatic N) is 1. The van der Waals surface area contributed by atoms with E-state index in [4.69, 9.17) is 0 Å². The summed E-state index contributed by atoms with van der Waals surface area (Å²) < 4.78 is 81.2. The monoisotopic (exact) mass is 528 g/mol. The lowest BCUT2D eigenvalue weighted by Crippen LogP contribution is -2.49. The van der Waals surface area contributed by atoms with Crippen LogP contribution in [0.4, 0.5) is 26.3 Å². The van der Waals surface area contributed by atoms with E-state index in [1.165, 1.54) is 24.4 Å². The smallest absolute Gasteiger partial charge is 0.337 e. The molecular weight excluding hydrogens is 506 g/mol. The van der Waals surface area contributed by atoms with Gasteiger partial charge in [0.25, 0.3) is 5.91 Å². The van der Waals surface area contributed by atoms with Crippen LogP contribution in [0.3, 0.4) is 0 Å². The molecule has 0 fully saturated rings. The molecule has 1 unspecified atom stereocenters. The molecule has 1 N–H and O–H groups in total. The van der Waals surface area contributed by atoms with Crippen LogP contribution >= 0.6 is 0 Å². The quantitative estimate of drug-likeness (QED) is 0.266. The van der Waals surface area contributed by atoms with Crippen molar-refractivity contribution in [2.45, 2.75) is 31.2 Å². The van der Waals surface area contributed by atoms with E-state index in [2.05, 4.69) is 10.3 Å². The molecule has 0 aliphatic heterocycles. The zero-order chi connectivity index (χ0) is 27.6. The van der Waals surface area contributed by atoms with Crippen molar-refractivity contribution in [1.82, 2.24) is 10.3 Å². The molecule has 0 saturated carbocycles. The van der Waals surface area contributed by atoms with E-state index in [1.807, 2.05) is 0 Å². The Kier molecular flexibility index (Phi) is 7.31. The first kappa shape index (κ1) is 26.9. The molecule has 0 saturated heterocycles. The summed E-state index contributed by atoms with van der Waals surface area (Å²) in [6, 6.07) is 20.4. The standard InChI is InChI=1S/C29H22F6N2O/c1-19-13-14-36-25(15-19)27(18-20-7-3-2-4-8-20,22-10-6-12-24(17-22)29(33,34)35)37-26(38)21-9-5-11-23(16-21)28(30,31)32/h2-17H,18H2,1H3,(H,37,38). The van der Waals surface area contributed by atoms with Gasteiger partial charge in [-0.3, -0.25) is 9.78 Å². The molecule has 0 radical (unpaired) electrons. The van der Waals surface area contributed by atoms with Crippen molar-refractivity contribution in [3.63, 3.8) is 0 Å². The Labute approximate surface area is 215 Å². The van der Waals surface area contributed by atoms with E-state index >= 15 is 0 Å². The number of halogens is 6. The van der Waals surface area contributed by atoms with Gasteiger partial charge in [0.05, 0.1) is 16.8 Å². The number of rotatable bonds is 6. The fourth-order valence-corrected chi connectivity index (χ4v) is 4.26. The third-order valence-corrected chi connectivity index (χ3v) is 6.13. The van der Waals surface area contributed by atoms with Gasteiger partial charge in [-0.05, 0) is 66.1 Å². The predicted octanol–water partition coefficient (Wildman–Crippen LogP) is 7.34. The number of aryl methyl sites for hydroxylation is 1. The number of hydrogen-bond donors (Lipinski definition) is 1.